The van der Waals surface area contributed by atoms with Crippen molar-refractivity contribution < 1.29 is 9.53 Å². The summed E-state index contributed by atoms with van der Waals surface area (Å²) < 4.78 is 6.92. The van der Waals surface area contributed by atoms with Gasteiger partial charge in [0.15, 0.2) is 0 Å². The number of hydrogen-bond donors (Lipinski definition) is 0. The third-order valence-electron chi connectivity index (χ3n) is 5.02. The second-order valence-electron chi connectivity index (χ2n) is 6.22. The van der Waals surface area contributed by atoms with Gasteiger partial charge in [0.05, 0.1) is 5.56 Å². The molecule has 1 aromatic heterocycles. The first kappa shape index (κ1) is 13.3. The summed E-state index contributed by atoms with van der Waals surface area (Å²) in [7, 11) is 2.20. The summed E-state index contributed by atoms with van der Waals surface area (Å²) in [5, 5.41) is 3.24. The van der Waals surface area contributed by atoms with Gasteiger partial charge < -0.3 is 9.64 Å². The molecule has 4 rings (SSSR count). The lowest BCUT2D eigenvalue weighted by Crippen LogP contribution is -2.43. The second kappa shape index (κ2) is 5.11. The number of fused-ring (bicyclic) bond motifs is 3. The molecule has 2 aromatic rings. The maximum Gasteiger partial charge on any atom is 0.338 e. The van der Waals surface area contributed by atoms with E-state index in [4.69, 9.17) is 4.74 Å². The van der Waals surface area contributed by atoms with E-state index >= 15 is 0 Å². The molecule has 0 N–H and O–H groups in total. The fourth-order valence-electron chi connectivity index (χ4n) is 3.76. The quantitative estimate of drug-likeness (QED) is 0.792. The van der Waals surface area contributed by atoms with Crippen LogP contribution in [-0.4, -0.2) is 36.1 Å². The molecule has 2 fully saturated rings. The molecule has 1 aromatic carbocycles. The highest BCUT2D eigenvalue weighted by atomic mass is 32.1. The average molecular weight is 301 g/mol. The van der Waals surface area contributed by atoms with E-state index in [0.29, 0.717) is 17.6 Å². The highest BCUT2D eigenvalue weighted by Gasteiger charge is 2.39. The van der Waals surface area contributed by atoms with Crippen molar-refractivity contribution >= 4 is 27.4 Å². The van der Waals surface area contributed by atoms with Crippen LogP contribution in [0.2, 0.25) is 0 Å². The summed E-state index contributed by atoms with van der Waals surface area (Å²) in [5.41, 5.74) is 0.677. The Hall–Kier alpha value is -1.39. The summed E-state index contributed by atoms with van der Waals surface area (Å²) >= 11 is 1.66. The molecule has 0 radical (unpaired) electrons. The van der Waals surface area contributed by atoms with Crippen molar-refractivity contribution in [2.45, 2.75) is 43.9 Å². The average Bonchev–Trinajstić information content (AvgIpc) is 3.01. The molecule has 4 heteroatoms. The van der Waals surface area contributed by atoms with E-state index in [0.717, 1.165) is 17.5 Å². The van der Waals surface area contributed by atoms with Gasteiger partial charge in [0, 0.05) is 29.6 Å². The van der Waals surface area contributed by atoms with Crippen LogP contribution in [0.3, 0.4) is 0 Å². The minimum atomic E-state index is -0.167. The third kappa shape index (κ3) is 2.36. The molecule has 2 atom stereocenters. The number of hydrogen-bond acceptors (Lipinski definition) is 4. The lowest BCUT2D eigenvalue weighted by atomic mass is 10.0. The van der Waals surface area contributed by atoms with Gasteiger partial charge in [-0.15, -0.1) is 11.3 Å². The zero-order chi connectivity index (χ0) is 14.4. The van der Waals surface area contributed by atoms with E-state index in [1.54, 1.807) is 11.3 Å². The van der Waals surface area contributed by atoms with E-state index in [1.807, 2.05) is 18.2 Å². The minimum Gasteiger partial charge on any atom is -0.459 e. The maximum atomic E-state index is 12.4. The Morgan fingerprint density at radius 2 is 2.00 bits per heavy atom. The Kier molecular flexibility index (Phi) is 3.23. The number of piperidine rings is 1. The summed E-state index contributed by atoms with van der Waals surface area (Å²) in [5.74, 6) is -0.167. The molecule has 0 spiro atoms. The van der Waals surface area contributed by atoms with Crippen LogP contribution in [0, 0.1) is 0 Å². The van der Waals surface area contributed by atoms with Crippen molar-refractivity contribution in [2.75, 3.05) is 7.05 Å². The molecular formula is C17H19NO2S. The second-order valence-corrected chi connectivity index (χ2v) is 7.17. The molecule has 2 bridgehead atoms. The normalized spacial score (nSPS) is 28.9. The van der Waals surface area contributed by atoms with Crippen LogP contribution in [0.15, 0.2) is 29.6 Å². The monoisotopic (exact) mass is 301 g/mol. The van der Waals surface area contributed by atoms with Gasteiger partial charge in [0.1, 0.15) is 6.10 Å². The Labute approximate surface area is 128 Å². The van der Waals surface area contributed by atoms with Crippen LogP contribution in [0.5, 0.6) is 0 Å². The van der Waals surface area contributed by atoms with Crippen LogP contribution >= 0.6 is 11.3 Å². The number of rotatable bonds is 2. The van der Waals surface area contributed by atoms with E-state index in [-0.39, 0.29) is 12.1 Å². The summed E-state index contributed by atoms with van der Waals surface area (Å²) in [6.45, 7) is 0. The first-order valence-corrected chi connectivity index (χ1v) is 8.49. The van der Waals surface area contributed by atoms with Gasteiger partial charge in [-0.25, -0.2) is 4.79 Å². The molecule has 3 heterocycles. The van der Waals surface area contributed by atoms with E-state index in [1.165, 1.54) is 18.2 Å². The van der Waals surface area contributed by atoms with Crippen molar-refractivity contribution in [3.63, 3.8) is 0 Å². The van der Waals surface area contributed by atoms with Crippen LogP contribution in [0.4, 0.5) is 0 Å². The van der Waals surface area contributed by atoms with Crippen molar-refractivity contribution in [1.82, 2.24) is 4.90 Å². The molecule has 0 aliphatic carbocycles. The molecule has 110 valence electrons. The lowest BCUT2D eigenvalue weighted by Gasteiger charge is -2.35. The Bertz CT molecular complexity index is 666. The zero-order valence-electron chi connectivity index (χ0n) is 12.1. The standard InChI is InChI=1S/C17H19NO2S/c1-18-13-4-5-14(18)10-15(9-13)20-17(19)12-3-2-11-6-7-21-16(11)8-12/h2-3,6-8,13-15H,4-5,9-10H2,1H3/t13-,14-/m1/s1. The highest BCUT2D eigenvalue weighted by molar-refractivity contribution is 7.17. The van der Waals surface area contributed by atoms with E-state index in [2.05, 4.69) is 23.4 Å². The van der Waals surface area contributed by atoms with Gasteiger partial charge in [-0.05, 0) is 48.9 Å². The first-order valence-electron chi connectivity index (χ1n) is 7.61. The minimum absolute atomic E-state index is 0.0882. The smallest absolute Gasteiger partial charge is 0.338 e. The molecular weight excluding hydrogens is 282 g/mol. The number of carbonyl (C=O) groups is 1. The number of carbonyl (C=O) groups excluding carboxylic acids is 1. The fraction of sp³-hybridized carbons (Fsp3) is 0.471. The molecule has 2 aliphatic heterocycles. The SMILES string of the molecule is CN1[C@@H]2CC[C@@H]1CC(OC(=O)c1ccc3ccsc3c1)C2. The molecule has 21 heavy (non-hydrogen) atoms. The number of esters is 1. The number of ether oxygens (including phenoxy) is 1. The van der Waals surface area contributed by atoms with Crippen molar-refractivity contribution in [3.05, 3.63) is 35.2 Å². The topological polar surface area (TPSA) is 29.5 Å². The number of nitrogens with zero attached hydrogens (tertiary/aromatic N) is 1. The van der Waals surface area contributed by atoms with E-state index < -0.39 is 0 Å². The van der Waals surface area contributed by atoms with Crippen LogP contribution in [-0.2, 0) is 4.74 Å². The Balaban J connectivity index is 1.48. The largest absolute Gasteiger partial charge is 0.459 e. The van der Waals surface area contributed by atoms with Gasteiger partial charge in [-0.1, -0.05) is 6.07 Å². The fourth-order valence-corrected chi connectivity index (χ4v) is 4.59. The van der Waals surface area contributed by atoms with Crippen molar-refractivity contribution in [2.24, 2.45) is 0 Å². The van der Waals surface area contributed by atoms with Gasteiger partial charge in [-0.3, -0.25) is 0 Å². The molecule has 0 unspecified atom stereocenters. The van der Waals surface area contributed by atoms with Gasteiger partial charge in [-0.2, -0.15) is 0 Å². The molecule has 0 amide bonds. The molecule has 2 saturated heterocycles. The zero-order valence-corrected chi connectivity index (χ0v) is 12.9. The number of benzene rings is 1. The highest BCUT2D eigenvalue weighted by Crippen LogP contribution is 2.35. The third-order valence-corrected chi connectivity index (χ3v) is 5.90. The predicted molar refractivity (Wildman–Crippen MR) is 84.8 cm³/mol. The lowest BCUT2D eigenvalue weighted by molar-refractivity contribution is -0.000431. The van der Waals surface area contributed by atoms with Crippen molar-refractivity contribution in [1.29, 1.82) is 0 Å². The summed E-state index contributed by atoms with van der Waals surface area (Å²) in [4.78, 5) is 14.8. The first-order chi connectivity index (χ1) is 10.2. The molecule has 2 aliphatic rings. The molecule has 3 nitrogen and oxygen atoms in total. The van der Waals surface area contributed by atoms with Crippen LogP contribution in [0.25, 0.3) is 10.1 Å². The Morgan fingerprint density at radius 1 is 1.24 bits per heavy atom. The van der Waals surface area contributed by atoms with Gasteiger partial charge >= 0.3 is 5.97 Å². The molecule has 0 saturated carbocycles. The predicted octanol–water partition coefficient (Wildman–Crippen LogP) is 3.68. The van der Waals surface area contributed by atoms with Crippen LogP contribution < -0.4 is 0 Å². The van der Waals surface area contributed by atoms with Gasteiger partial charge in [0.2, 0.25) is 0 Å². The Morgan fingerprint density at radius 3 is 2.76 bits per heavy atom. The van der Waals surface area contributed by atoms with Crippen molar-refractivity contribution in [3.8, 4) is 0 Å². The van der Waals surface area contributed by atoms with Gasteiger partial charge in [0.25, 0.3) is 0 Å². The van der Waals surface area contributed by atoms with E-state index in [9.17, 15) is 4.79 Å². The maximum absolute atomic E-state index is 12.4. The van der Waals surface area contributed by atoms with Crippen LogP contribution in [0.1, 0.15) is 36.0 Å². The number of thiophene rings is 1. The summed E-state index contributed by atoms with van der Waals surface area (Å²) in [6.07, 6.45) is 4.55. The summed E-state index contributed by atoms with van der Waals surface area (Å²) in [6, 6.07) is 9.10.